The molecule has 152 valence electrons. The van der Waals surface area contributed by atoms with Gasteiger partial charge < -0.3 is 14.0 Å². The van der Waals surface area contributed by atoms with Crippen molar-refractivity contribution in [3.8, 4) is 0 Å². The SMILES string of the molecule is C/C=C(\c1nc(C(C)OCc2ccccc2)cn1C)N1C(=O)NC(=O)C12COC2. The molecule has 4 rings (SSSR count). The van der Waals surface area contributed by atoms with Crippen molar-refractivity contribution < 1.29 is 19.1 Å². The molecule has 2 fully saturated rings. The summed E-state index contributed by atoms with van der Waals surface area (Å²) in [5, 5.41) is 2.40. The van der Waals surface area contributed by atoms with Crippen molar-refractivity contribution in [3.05, 3.63) is 59.7 Å². The molecule has 1 aromatic heterocycles. The second-order valence-corrected chi connectivity index (χ2v) is 7.33. The fraction of sp³-hybridized carbons (Fsp3) is 0.381. The van der Waals surface area contributed by atoms with E-state index in [4.69, 9.17) is 14.5 Å². The predicted octanol–water partition coefficient (Wildman–Crippen LogP) is 2.38. The summed E-state index contributed by atoms with van der Waals surface area (Å²) in [7, 11) is 1.86. The van der Waals surface area contributed by atoms with Crippen LogP contribution in [0, 0.1) is 0 Å². The van der Waals surface area contributed by atoms with E-state index in [1.54, 1.807) is 6.08 Å². The largest absolute Gasteiger partial charge is 0.375 e. The number of benzene rings is 1. The number of allylic oxidation sites excluding steroid dienone is 1. The minimum atomic E-state index is -0.986. The van der Waals surface area contributed by atoms with Crippen molar-refractivity contribution in [3.63, 3.8) is 0 Å². The molecule has 29 heavy (non-hydrogen) atoms. The van der Waals surface area contributed by atoms with E-state index < -0.39 is 11.6 Å². The van der Waals surface area contributed by atoms with E-state index in [0.717, 1.165) is 11.3 Å². The van der Waals surface area contributed by atoms with E-state index in [1.807, 2.05) is 62.0 Å². The highest BCUT2D eigenvalue weighted by atomic mass is 16.5. The number of aromatic nitrogens is 2. The Bertz CT molecular complexity index is 962. The number of nitrogens with zero attached hydrogens (tertiary/aromatic N) is 3. The van der Waals surface area contributed by atoms with Crippen LogP contribution in [0.5, 0.6) is 0 Å². The molecule has 0 radical (unpaired) electrons. The smallest absolute Gasteiger partial charge is 0.329 e. The number of hydrogen-bond donors (Lipinski definition) is 1. The molecular weight excluding hydrogens is 372 g/mol. The summed E-state index contributed by atoms with van der Waals surface area (Å²) < 4.78 is 13.1. The zero-order valence-corrected chi connectivity index (χ0v) is 16.7. The zero-order chi connectivity index (χ0) is 20.6. The fourth-order valence-corrected chi connectivity index (χ4v) is 3.62. The molecule has 0 saturated carbocycles. The van der Waals surface area contributed by atoms with Crippen LogP contribution >= 0.6 is 0 Å². The van der Waals surface area contributed by atoms with E-state index in [9.17, 15) is 9.59 Å². The summed E-state index contributed by atoms with van der Waals surface area (Å²) in [6.45, 7) is 4.60. The molecule has 1 unspecified atom stereocenters. The van der Waals surface area contributed by atoms with Crippen molar-refractivity contribution in [2.45, 2.75) is 32.1 Å². The normalized spacial score (nSPS) is 19.4. The van der Waals surface area contributed by atoms with Crippen LogP contribution in [0.1, 0.15) is 37.0 Å². The summed E-state index contributed by atoms with van der Waals surface area (Å²) >= 11 is 0. The molecule has 8 heteroatoms. The minimum absolute atomic E-state index is 0.176. The van der Waals surface area contributed by atoms with Gasteiger partial charge in [-0.1, -0.05) is 36.4 Å². The topological polar surface area (TPSA) is 85.7 Å². The van der Waals surface area contributed by atoms with Gasteiger partial charge >= 0.3 is 6.03 Å². The van der Waals surface area contributed by atoms with Gasteiger partial charge in [0.15, 0.2) is 11.4 Å². The zero-order valence-electron chi connectivity index (χ0n) is 16.7. The third-order valence-corrected chi connectivity index (χ3v) is 5.35. The predicted molar refractivity (Wildman–Crippen MR) is 105 cm³/mol. The molecule has 2 aromatic rings. The minimum Gasteiger partial charge on any atom is -0.375 e. The van der Waals surface area contributed by atoms with E-state index in [2.05, 4.69) is 5.32 Å². The average molecular weight is 396 g/mol. The number of aryl methyl sites for hydroxylation is 1. The molecule has 2 aliphatic heterocycles. The maximum Gasteiger partial charge on any atom is 0.329 e. The number of amides is 3. The number of rotatable bonds is 6. The number of carbonyl (C=O) groups is 2. The van der Waals surface area contributed by atoms with Gasteiger partial charge in [-0.15, -0.1) is 0 Å². The monoisotopic (exact) mass is 396 g/mol. The van der Waals surface area contributed by atoms with Crippen LogP contribution in [-0.2, 0) is 27.9 Å². The van der Waals surface area contributed by atoms with Crippen molar-refractivity contribution in [1.29, 1.82) is 0 Å². The van der Waals surface area contributed by atoms with Crippen molar-refractivity contribution >= 4 is 17.6 Å². The maximum absolute atomic E-state index is 12.5. The van der Waals surface area contributed by atoms with Crippen molar-refractivity contribution in [1.82, 2.24) is 19.8 Å². The summed E-state index contributed by atoms with van der Waals surface area (Å²) in [6, 6.07) is 9.49. The average Bonchev–Trinajstić information content (AvgIpc) is 3.19. The number of carbonyl (C=O) groups excluding carboxylic acids is 2. The second kappa shape index (κ2) is 7.46. The maximum atomic E-state index is 12.5. The lowest BCUT2D eigenvalue weighted by Crippen LogP contribution is -2.63. The van der Waals surface area contributed by atoms with E-state index in [-0.39, 0.29) is 25.2 Å². The van der Waals surface area contributed by atoms with Gasteiger partial charge in [-0.2, -0.15) is 0 Å². The summed E-state index contributed by atoms with van der Waals surface area (Å²) in [5.74, 6) is 0.260. The number of ether oxygens (including phenoxy) is 2. The van der Waals surface area contributed by atoms with Gasteiger partial charge in [-0.3, -0.25) is 15.0 Å². The Morgan fingerprint density at radius 3 is 2.69 bits per heavy atom. The van der Waals surface area contributed by atoms with Crippen molar-refractivity contribution in [2.75, 3.05) is 13.2 Å². The Morgan fingerprint density at radius 1 is 1.34 bits per heavy atom. The molecule has 1 spiro atoms. The highest BCUT2D eigenvalue weighted by Crippen LogP contribution is 2.37. The number of urea groups is 1. The quantitative estimate of drug-likeness (QED) is 0.758. The van der Waals surface area contributed by atoms with Crippen molar-refractivity contribution in [2.24, 2.45) is 7.05 Å². The van der Waals surface area contributed by atoms with E-state index in [0.29, 0.717) is 18.1 Å². The van der Waals surface area contributed by atoms with Crippen LogP contribution in [0.15, 0.2) is 42.6 Å². The van der Waals surface area contributed by atoms with E-state index >= 15 is 0 Å². The first-order valence-electron chi connectivity index (χ1n) is 9.55. The first kappa shape index (κ1) is 19.4. The Morgan fingerprint density at radius 2 is 2.07 bits per heavy atom. The van der Waals surface area contributed by atoms with Gasteiger partial charge in [0.25, 0.3) is 5.91 Å². The molecule has 1 atom stereocenters. The molecule has 0 aliphatic carbocycles. The van der Waals surface area contributed by atoms with Gasteiger partial charge in [-0.05, 0) is 19.4 Å². The third kappa shape index (κ3) is 3.24. The van der Waals surface area contributed by atoms with Crippen LogP contribution < -0.4 is 5.32 Å². The third-order valence-electron chi connectivity index (χ3n) is 5.35. The lowest BCUT2D eigenvalue weighted by molar-refractivity contribution is -0.149. The van der Waals surface area contributed by atoms with Gasteiger partial charge in [-0.25, -0.2) is 9.78 Å². The molecule has 8 nitrogen and oxygen atoms in total. The molecular formula is C21H24N4O4. The Hall–Kier alpha value is -2.97. The first-order chi connectivity index (χ1) is 14.0. The fourth-order valence-electron chi connectivity index (χ4n) is 3.62. The Labute approximate surface area is 169 Å². The molecule has 2 saturated heterocycles. The molecule has 2 aliphatic rings. The molecule has 1 N–H and O–H groups in total. The number of imide groups is 1. The van der Waals surface area contributed by atoms with Crippen LogP contribution in [0.3, 0.4) is 0 Å². The Balaban J connectivity index is 1.56. The molecule has 3 heterocycles. The molecule has 1 aromatic carbocycles. The second-order valence-electron chi connectivity index (χ2n) is 7.33. The van der Waals surface area contributed by atoms with Gasteiger partial charge in [0.05, 0.1) is 37.3 Å². The lowest BCUT2D eigenvalue weighted by Gasteiger charge is -2.42. The summed E-state index contributed by atoms with van der Waals surface area (Å²) in [4.78, 5) is 31.0. The van der Waals surface area contributed by atoms with Gasteiger partial charge in [0, 0.05) is 13.2 Å². The van der Waals surface area contributed by atoms with Crippen LogP contribution in [0.25, 0.3) is 5.70 Å². The Kier molecular flexibility index (Phi) is 4.97. The standard InChI is InChI=1S/C21H24N4O4/c1-4-17(25-20(27)23-19(26)21(25)12-28-13-21)18-22-16(10-24(18)3)14(2)29-11-15-8-6-5-7-9-15/h4-10,14H,11-13H2,1-3H3,(H,23,26,27)/b17-4+. The first-order valence-corrected chi connectivity index (χ1v) is 9.55. The van der Waals surface area contributed by atoms with Crippen LogP contribution in [-0.4, -0.2) is 45.1 Å². The summed E-state index contributed by atoms with van der Waals surface area (Å²) in [5.41, 5.74) is 1.42. The lowest BCUT2D eigenvalue weighted by atomic mass is 9.95. The van der Waals surface area contributed by atoms with E-state index in [1.165, 1.54) is 4.90 Å². The highest BCUT2D eigenvalue weighted by molar-refractivity contribution is 6.11. The number of nitrogens with one attached hydrogen (secondary N) is 1. The highest BCUT2D eigenvalue weighted by Gasteiger charge is 2.59. The number of hydrogen-bond acceptors (Lipinski definition) is 5. The van der Waals surface area contributed by atoms with Gasteiger partial charge in [0.1, 0.15) is 0 Å². The molecule has 0 bridgehead atoms. The van der Waals surface area contributed by atoms with Crippen LogP contribution in [0.2, 0.25) is 0 Å². The van der Waals surface area contributed by atoms with Crippen LogP contribution in [0.4, 0.5) is 4.79 Å². The summed E-state index contributed by atoms with van der Waals surface area (Å²) in [6.07, 6.45) is 3.44. The number of imidazole rings is 1. The van der Waals surface area contributed by atoms with Gasteiger partial charge in [0.2, 0.25) is 0 Å². The molecule has 3 amide bonds.